The Kier molecular flexibility index (Phi) is 16.7. The molecule has 0 aromatic heterocycles. The van der Waals surface area contributed by atoms with Gasteiger partial charge in [0.2, 0.25) is 0 Å². The molecule has 0 spiro atoms. The second-order valence-corrected chi connectivity index (χ2v) is 14.7. The third-order valence-electron chi connectivity index (χ3n) is 9.97. The first kappa shape index (κ1) is 44.6. The zero-order valence-corrected chi connectivity index (χ0v) is 36.4. The summed E-state index contributed by atoms with van der Waals surface area (Å²) in [5.74, 6) is 2.09. The molecule has 4 aromatic rings. The van der Waals surface area contributed by atoms with Crippen molar-refractivity contribution in [3.63, 3.8) is 0 Å². The average Bonchev–Trinajstić information content (AvgIpc) is 3.61. The normalized spacial score (nSPS) is 11.8. The summed E-state index contributed by atoms with van der Waals surface area (Å²) in [7, 11) is 0. The highest BCUT2D eigenvalue weighted by Crippen LogP contribution is 2.55. The van der Waals surface area contributed by atoms with Crippen LogP contribution in [-0.4, -0.2) is 38.4 Å². The fourth-order valence-electron chi connectivity index (χ4n) is 7.58. The minimum Gasteiger partial charge on any atom is -0.493 e. The lowest BCUT2D eigenvalue weighted by Crippen LogP contribution is -2.12. The van der Waals surface area contributed by atoms with Crippen molar-refractivity contribution in [3.05, 3.63) is 95.1 Å². The van der Waals surface area contributed by atoms with Gasteiger partial charge in [0.25, 0.3) is 0 Å². The van der Waals surface area contributed by atoms with Crippen LogP contribution < -0.4 is 28.4 Å². The van der Waals surface area contributed by atoms with Gasteiger partial charge in [-0.15, -0.1) is 0 Å². The third kappa shape index (κ3) is 10.2. The van der Waals surface area contributed by atoms with Gasteiger partial charge >= 0.3 is 11.9 Å². The topological polar surface area (TPSA) is 89.5 Å². The molecule has 0 heterocycles. The Hall–Kier alpha value is -5.50. The van der Waals surface area contributed by atoms with Crippen molar-refractivity contribution in [2.24, 2.45) is 0 Å². The lowest BCUT2D eigenvalue weighted by Gasteiger charge is -2.26. The molecule has 8 nitrogen and oxygen atoms in total. The summed E-state index contributed by atoms with van der Waals surface area (Å²) >= 11 is 0. The maximum atomic E-state index is 13.2. The van der Waals surface area contributed by atoms with E-state index in [0.29, 0.717) is 80.2 Å². The third-order valence-corrected chi connectivity index (χ3v) is 9.97. The molecule has 5 rings (SSSR count). The molecule has 1 aliphatic rings. The zero-order valence-electron chi connectivity index (χ0n) is 36.4. The van der Waals surface area contributed by atoms with E-state index in [2.05, 4.69) is 77.9 Å². The van der Waals surface area contributed by atoms with Crippen molar-refractivity contribution in [1.82, 2.24) is 0 Å². The summed E-state index contributed by atoms with van der Waals surface area (Å²) in [6.07, 6.45) is 12.7. The van der Waals surface area contributed by atoms with Crippen LogP contribution in [0.25, 0.3) is 33.4 Å². The Bertz CT molecular complexity index is 2140. The highest BCUT2D eigenvalue weighted by molar-refractivity contribution is 5.99. The Labute approximate surface area is 351 Å². The molecule has 0 saturated heterocycles. The van der Waals surface area contributed by atoms with Crippen LogP contribution in [0.3, 0.4) is 0 Å². The van der Waals surface area contributed by atoms with Crippen LogP contribution in [0.4, 0.5) is 0 Å². The molecule has 8 heteroatoms. The number of benzene rings is 4. The van der Waals surface area contributed by atoms with Crippen LogP contribution in [0.15, 0.2) is 72.8 Å². The summed E-state index contributed by atoms with van der Waals surface area (Å²) in [4.78, 5) is 26.3. The first-order valence-electron chi connectivity index (χ1n) is 21.6. The molecule has 0 atom stereocenters. The first-order chi connectivity index (χ1) is 28.8. The Morgan fingerprint density at radius 3 is 1.51 bits per heavy atom. The molecular formula is C51H62O8. The lowest BCUT2D eigenvalue weighted by molar-refractivity contribution is -0.130. The molecule has 314 valence electrons. The minimum atomic E-state index is -0.479. The number of carbonyl (C=O) groups is 2. The fourth-order valence-corrected chi connectivity index (χ4v) is 7.58. The van der Waals surface area contributed by atoms with Crippen molar-refractivity contribution >= 4 is 11.9 Å². The van der Waals surface area contributed by atoms with Crippen molar-refractivity contribution in [2.75, 3.05) is 26.4 Å². The van der Waals surface area contributed by atoms with E-state index in [1.165, 1.54) is 23.3 Å². The molecule has 0 fully saturated rings. The van der Waals surface area contributed by atoms with Gasteiger partial charge in [-0.1, -0.05) is 103 Å². The maximum Gasteiger partial charge on any atom is 0.335 e. The predicted molar refractivity (Wildman–Crippen MR) is 238 cm³/mol. The molecule has 4 aromatic carbocycles. The SMILES string of the molecule is CC=CC(=O)Oc1c(OCCC)cc(-c2ccc3c(c2-c2cc(OCCC)c(OC(=O)C=CC)c(CCC)c2OCCC)Cc2ccccc2-3)c(OCCC)c1CCC. The van der Waals surface area contributed by atoms with Gasteiger partial charge < -0.3 is 28.4 Å². The fraction of sp³-hybridized carbons (Fsp3) is 0.412. The molecule has 0 bridgehead atoms. The molecule has 0 unspecified atom stereocenters. The van der Waals surface area contributed by atoms with Gasteiger partial charge in [-0.25, -0.2) is 9.59 Å². The Balaban J connectivity index is 1.99. The highest BCUT2D eigenvalue weighted by atomic mass is 16.6. The van der Waals surface area contributed by atoms with E-state index in [-0.39, 0.29) is 0 Å². The van der Waals surface area contributed by atoms with Crippen LogP contribution in [0.1, 0.15) is 116 Å². The van der Waals surface area contributed by atoms with Gasteiger partial charge in [-0.05, 0) is 104 Å². The maximum absolute atomic E-state index is 13.2. The summed E-state index contributed by atoms with van der Waals surface area (Å²) in [6.45, 7) is 17.8. The number of hydrogen-bond donors (Lipinski definition) is 0. The average molecular weight is 803 g/mol. The van der Waals surface area contributed by atoms with E-state index in [1.54, 1.807) is 26.0 Å². The summed E-state index contributed by atoms with van der Waals surface area (Å²) < 4.78 is 38.8. The van der Waals surface area contributed by atoms with Crippen molar-refractivity contribution < 1.29 is 38.0 Å². The first-order valence-corrected chi connectivity index (χ1v) is 21.6. The van der Waals surface area contributed by atoms with Crippen LogP contribution in [0.2, 0.25) is 0 Å². The zero-order chi connectivity index (χ0) is 42.3. The van der Waals surface area contributed by atoms with Crippen LogP contribution in [-0.2, 0) is 28.9 Å². The number of esters is 2. The molecular weight excluding hydrogens is 741 g/mol. The highest BCUT2D eigenvalue weighted by Gasteiger charge is 2.33. The Morgan fingerprint density at radius 2 is 1.00 bits per heavy atom. The number of rotatable bonds is 22. The molecule has 0 saturated carbocycles. The summed E-state index contributed by atoms with van der Waals surface area (Å²) in [5.41, 5.74) is 9.83. The van der Waals surface area contributed by atoms with Gasteiger partial charge in [0, 0.05) is 34.4 Å². The van der Waals surface area contributed by atoms with Crippen molar-refractivity contribution in [3.8, 4) is 67.9 Å². The van der Waals surface area contributed by atoms with Gasteiger partial charge in [-0.2, -0.15) is 0 Å². The Morgan fingerprint density at radius 1 is 0.525 bits per heavy atom. The predicted octanol–water partition coefficient (Wildman–Crippen LogP) is 12.6. The largest absolute Gasteiger partial charge is 0.493 e. The minimum absolute atomic E-state index is 0.383. The molecule has 0 aliphatic heterocycles. The van der Waals surface area contributed by atoms with E-state index in [4.69, 9.17) is 28.4 Å². The number of hydrogen-bond acceptors (Lipinski definition) is 8. The number of ether oxygens (including phenoxy) is 6. The van der Waals surface area contributed by atoms with Crippen molar-refractivity contribution in [2.45, 2.75) is 113 Å². The van der Waals surface area contributed by atoms with Crippen LogP contribution in [0, 0.1) is 0 Å². The van der Waals surface area contributed by atoms with Crippen LogP contribution in [0.5, 0.6) is 34.5 Å². The van der Waals surface area contributed by atoms with Crippen LogP contribution >= 0.6 is 0 Å². The second kappa shape index (κ2) is 22.0. The standard InChI is InChI=1S/C51H62O8/c1-9-19-38-48(56-29-15-7)41(32-43(54-27-13-5)50(38)58-45(52)21-11-3)37-26-25-36-35-24-18-17-23-34(35)31-40(36)47(37)42-33-44(55-28-14-6)51(59-46(53)22-12-4)39(20-10-2)49(42)57-30-16-8/h11-12,17-18,21-26,32-33H,9-10,13-16,19-20,27-31H2,1-8H3. The number of carbonyl (C=O) groups excluding carboxylic acids is 2. The molecule has 0 radical (unpaired) electrons. The summed E-state index contributed by atoms with van der Waals surface area (Å²) in [5, 5.41) is 0. The number of fused-ring (bicyclic) bond motifs is 3. The summed E-state index contributed by atoms with van der Waals surface area (Å²) in [6, 6.07) is 16.9. The monoisotopic (exact) mass is 802 g/mol. The number of allylic oxidation sites excluding steroid dienone is 2. The van der Waals surface area contributed by atoms with Gasteiger partial charge in [0.1, 0.15) is 11.5 Å². The molecule has 0 amide bonds. The van der Waals surface area contributed by atoms with Gasteiger partial charge in [-0.3, -0.25) is 0 Å². The van der Waals surface area contributed by atoms with E-state index in [9.17, 15) is 9.59 Å². The smallest absolute Gasteiger partial charge is 0.335 e. The van der Waals surface area contributed by atoms with E-state index < -0.39 is 11.9 Å². The molecule has 1 aliphatic carbocycles. The van der Waals surface area contributed by atoms with Gasteiger partial charge in [0.15, 0.2) is 23.0 Å². The lowest BCUT2D eigenvalue weighted by atomic mass is 9.84. The molecule has 59 heavy (non-hydrogen) atoms. The van der Waals surface area contributed by atoms with Gasteiger partial charge in [0.05, 0.1) is 26.4 Å². The van der Waals surface area contributed by atoms with Crippen molar-refractivity contribution in [1.29, 1.82) is 0 Å². The quantitative estimate of drug-likeness (QED) is 0.0388. The second-order valence-electron chi connectivity index (χ2n) is 14.7. The van der Waals surface area contributed by atoms with E-state index in [0.717, 1.165) is 83.0 Å². The van der Waals surface area contributed by atoms with E-state index >= 15 is 0 Å². The molecule has 0 N–H and O–H groups in total. The van der Waals surface area contributed by atoms with E-state index in [1.807, 2.05) is 12.1 Å².